The van der Waals surface area contributed by atoms with Crippen LogP contribution in [0.1, 0.15) is 31.2 Å². The fourth-order valence-electron chi connectivity index (χ4n) is 2.41. The maximum Gasteiger partial charge on any atom is 0.320 e. The third-order valence-electron chi connectivity index (χ3n) is 3.52. The molecule has 6 heteroatoms. The van der Waals surface area contributed by atoms with Gasteiger partial charge < -0.3 is 9.47 Å². The lowest BCUT2D eigenvalue weighted by atomic mass is 10.1. The lowest BCUT2D eigenvalue weighted by molar-refractivity contribution is -0.155. The molecule has 1 heterocycles. The van der Waals surface area contributed by atoms with E-state index in [4.69, 9.17) is 9.47 Å². The summed E-state index contributed by atoms with van der Waals surface area (Å²) in [4.78, 5) is 15.1. The summed E-state index contributed by atoms with van der Waals surface area (Å²) in [7, 11) is 1.89. The van der Waals surface area contributed by atoms with E-state index in [0.717, 1.165) is 22.2 Å². The molecular weight excluding hydrogens is 414 g/mol. The number of benzene rings is 1. The van der Waals surface area contributed by atoms with Crippen LogP contribution in [0, 0.1) is 0 Å². The van der Waals surface area contributed by atoms with Gasteiger partial charge in [0.15, 0.2) is 0 Å². The Bertz CT molecular complexity index is 710. The average Bonchev–Trinajstić information content (AvgIpc) is 3.00. The summed E-state index contributed by atoms with van der Waals surface area (Å²) in [6, 6.07) is 10.3. The van der Waals surface area contributed by atoms with Gasteiger partial charge in [-0.3, -0.25) is 9.69 Å². The summed E-state index contributed by atoms with van der Waals surface area (Å²) in [5.74, 6) is 0.661. The lowest BCUT2D eigenvalue weighted by Gasteiger charge is -2.22. The van der Waals surface area contributed by atoms with Gasteiger partial charge in [-0.05, 0) is 57.5 Å². The molecule has 0 N–H and O–H groups in total. The van der Waals surface area contributed by atoms with Crippen molar-refractivity contribution >= 4 is 33.2 Å². The standard InChI is InChI=1S/C20H26BrNO3S/c1-20(2,3)25-19(23)14-22(4)9-10-24-18-8-7-16(21)12-15(18)13-17-6-5-11-26-17/h5-8,11-12H,9-10,13-14H2,1-4H3. The normalized spacial score (nSPS) is 11.6. The molecule has 2 aromatic rings. The monoisotopic (exact) mass is 439 g/mol. The molecule has 0 aliphatic rings. The van der Waals surface area contributed by atoms with Crippen molar-refractivity contribution in [3.05, 3.63) is 50.6 Å². The Morgan fingerprint density at radius 3 is 2.69 bits per heavy atom. The van der Waals surface area contributed by atoms with Crippen LogP contribution in [-0.2, 0) is 16.0 Å². The van der Waals surface area contributed by atoms with Gasteiger partial charge in [-0.15, -0.1) is 11.3 Å². The molecule has 0 amide bonds. The first-order valence-corrected chi connectivity index (χ1v) is 10.2. The van der Waals surface area contributed by atoms with E-state index in [-0.39, 0.29) is 12.5 Å². The molecule has 1 aromatic carbocycles. The molecule has 0 saturated heterocycles. The zero-order valence-corrected chi connectivity index (χ0v) is 18.2. The number of halogens is 1. The van der Waals surface area contributed by atoms with Crippen LogP contribution in [0.15, 0.2) is 40.2 Å². The Hall–Kier alpha value is -1.37. The molecule has 0 fully saturated rings. The van der Waals surface area contributed by atoms with Gasteiger partial charge in [0.1, 0.15) is 18.0 Å². The second-order valence-corrected chi connectivity index (χ2v) is 9.13. The van der Waals surface area contributed by atoms with Crippen LogP contribution in [0.4, 0.5) is 0 Å². The molecule has 1 aromatic heterocycles. The van der Waals surface area contributed by atoms with E-state index in [1.807, 2.05) is 44.9 Å². The Balaban J connectivity index is 1.86. The first-order valence-electron chi connectivity index (χ1n) is 8.57. The van der Waals surface area contributed by atoms with Crippen LogP contribution >= 0.6 is 27.3 Å². The summed E-state index contributed by atoms with van der Waals surface area (Å²) < 4.78 is 12.4. The van der Waals surface area contributed by atoms with Crippen molar-refractivity contribution in [3.63, 3.8) is 0 Å². The van der Waals surface area contributed by atoms with Crippen LogP contribution in [0.2, 0.25) is 0 Å². The molecule has 0 saturated carbocycles. The Morgan fingerprint density at radius 1 is 1.27 bits per heavy atom. The maximum absolute atomic E-state index is 11.9. The molecule has 0 aliphatic heterocycles. The molecule has 0 unspecified atom stereocenters. The topological polar surface area (TPSA) is 38.8 Å². The van der Waals surface area contributed by atoms with Crippen molar-refractivity contribution in [2.75, 3.05) is 26.7 Å². The fourth-order valence-corrected chi connectivity index (χ4v) is 3.55. The van der Waals surface area contributed by atoms with Crippen molar-refractivity contribution in [1.82, 2.24) is 4.90 Å². The van der Waals surface area contributed by atoms with Gasteiger partial charge in [0.25, 0.3) is 0 Å². The van der Waals surface area contributed by atoms with Crippen LogP contribution in [0.5, 0.6) is 5.75 Å². The first kappa shape index (κ1) is 20.9. The Morgan fingerprint density at radius 2 is 2.04 bits per heavy atom. The van der Waals surface area contributed by atoms with Gasteiger partial charge >= 0.3 is 5.97 Å². The number of carbonyl (C=O) groups is 1. The number of nitrogens with zero attached hydrogens (tertiary/aromatic N) is 1. The molecule has 0 radical (unpaired) electrons. The lowest BCUT2D eigenvalue weighted by Crippen LogP contribution is -2.34. The predicted octanol–water partition coefficient (Wildman–Crippen LogP) is 4.75. The first-order chi connectivity index (χ1) is 12.2. The predicted molar refractivity (Wildman–Crippen MR) is 110 cm³/mol. The van der Waals surface area contributed by atoms with E-state index in [1.54, 1.807) is 11.3 Å². The number of likely N-dealkylation sites (N-methyl/N-ethyl adjacent to an activating group) is 1. The second-order valence-electron chi connectivity index (χ2n) is 7.18. The molecule has 0 aliphatic carbocycles. The summed E-state index contributed by atoms with van der Waals surface area (Å²) in [5, 5.41) is 2.08. The highest BCUT2D eigenvalue weighted by Crippen LogP contribution is 2.27. The van der Waals surface area contributed by atoms with E-state index in [2.05, 4.69) is 39.5 Å². The van der Waals surface area contributed by atoms with E-state index in [0.29, 0.717) is 13.2 Å². The number of hydrogen-bond donors (Lipinski definition) is 0. The van der Waals surface area contributed by atoms with Gasteiger partial charge in [0.2, 0.25) is 0 Å². The van der Waals surface area contributed by atoms with E-state index < -0.39 is 5.60 Å². The SMILES string of the molecule is CN(CCOc1ccc(Br)cc1Cc1cccs1)CC(=O)OC(C)(C)C. The fraction of sp³-hybridized carbons (Fsp3) is 0.450. The second kappa shape index (κ2) is 9.53. The largest absolute Gasteiger partial charge is 0.492 e. The number of esters is 1. The number of hydrogen-bond acceptors (Lipinski definition) is 5. The van der Waals surface area contributed by atoms with Gasteiger partial charge in [-0.2, -0.15) is 0 Å². The average molecular weight is 440 g/mol. The van der Waals surface area contributed by atoms with Crippen LogP contribution in [-0.4, -0.2) is 43.2 Å². The maximum atomic E-state index is 11.9. The minimum absolute atomic E-state index is 0.220. The molecule has 2 rings (SSSR count). The van der Waals surface area contributed by atoms with Crippen molar-refractivity contribution in [3.8, 4) is 5.75 Å². The molecule has 0 bridgehead atoms. The van der Waals surface area contributed by atoms with E-state index in [9.17, 15) is 4.79 Å². The molecule has 0 spiro atoms. The smallest absolute Gasteiger partial charge is 0.320 e. The number of carbonyl (C=O) groups excluding carboxylic acids is 1. The molecular formula is C20H26BrNO3S. The van der Waals surface area contributed by atoms with Crippen LogP contribution < -0.4 is 4.74 Å². The van der Waals surface area contributed by atoms with E-state index in [1.165, 1.54) is 4.88 Å². The van der Waals surface area contributed by atoms with Crippen LogP contribution in [0.3, 0.4) is 0 Å². The van der Waals surface area contributed by atoms with Crippen molar-refractivity contribution < 1.29 is 14.3 Å². The molecule has 4 nitrogen and oxygen atoms in total. The van der Waals surface area contributed by atoms with E-state index >= 15 is 0 Å². The highest BCUT2D eigenvalue weighted by Gasteiger charge is 2.17. The van der Waals surface area contributed by atoms with Crippen LogP contribution in [0.25, 0.3) is 0 Å². The van der Waals surface area contributed by atoms with Gasteiger partial charge in [0, 0.05) is 27.9 Å². The van der Waals surface area contributed by atoms with Gasteiger partial charge in [-0.25, -0.2) is 0 Å². The highest BCUT2D eigenvalue weighted by atomic mass is 79.9. The number of rotatable bonds is 8. The highest BCUT2D eigenvalue weighted by molar-refractivity contribution is 9.10. The minimum atomic E-state index is -0.456. The van der Waals surface area contributed by atoms with Crippen molar-refractivity contribution in [2.24, 2.45) is 0 Å². The summed E-state index contributed by atoms with van der Waals surface area (Å²) >= 11 is 5.27. The summed E-state index contributed by atoms with van der Waals surface area (Å²) in [5.41, 5.74) is 0.694. The Kier molecular flexibility index (Phi) is 7.68. The Labute approximate surface area is 168 Å². The van der Waals surface area contributed by atoms with Crippen molar-refractivity contribution in [1.29, 1.82) is 0 Å². The quantitative estimate of drug-likeness (QED) is 0.556. The van der Waals surface area contributed by atoms with Gasteiger partial charge in [-0.1, -0.05) is 22.0 Å². The van der Waals surface area contributed by atoms with Crippen molar-refractivity contribution in [2.45, 2.75) is 32.8 Å². The minimum Gasteiger partial charge on any atom is -0.492 e. The van der Waals surface area contributed by atoms with Gasteiger partial charge in [0.05, 0.1) is 6.54 Å². The molecule has 142 valence electrons. The summed E-state index contributed by atoms with van der Waals surface area (Å²) in [6.07, 6.45) is 0.847. The third kappa shape index (κ3) is 7.48. The zero-order valence-electron chi connectivity index (χ0n) is 15.8. The number of thiophene rings is 1. The molecule has 0 atom stereocenters. The molecule has 26 heavy (non-hydrogen) atoms. The zero-order chi connectivity index (χ0) is 19.2. The third-order valence-corrected chi connectivity index (χ3v) is 4.89. The summed E-state index contributed by atoms with van der Waals surface area (Å²) in [6.45, 7) is 7.03. The number of ether oxygens (including phenoxy) is 2.